The third kappa shape index (κ3) is 1.89. The van der Waals surface area contributed by atoms with Gasteiger partial charge in [0.15, 0.2) is 0 Å². The van der Waals surface area contributed by atoms with Crippen LogP contribution in [0.15, 0.2) is 41.0 Å². The van der Waals surface area contributed by atoms with E-state index < -0.39 is 0 Å². The molecule has 0 saturated carbocycles. The van der Waals surface area contributed by atoms with Gasteiger partial charge in [0, 0.05) is 16.2 Å². The first-order valence-electron chi connectivity index (χ1n) is 5.09. The van der Waals surface area contributed by atoms with Crippen molar-refractivity contribution in [3.05, 3.63) is 41.0 Å². The Balaban J connectivity index is 2.14. The van der Waals surface area contributed by atoms with E-state index in [-0.39, 0.29) is 0 Å². The maximum absolute atomic E-state index is 5.55. The van der Waals surface area contributed by atoms with Crippen LogP contribution in [0.1, 0.15) is 0 Å². The maximum Gasteiger partial charge on any atom is 0.140 e. The first kappa shape index (κ1) is 10.3. The van der Waals surface area contributed by atoms with Crippen molar-refractivity contribution in [3.8, 4) is 11.4 Å². The second kappa shape index (κ2) is 3.85. The predicted molar refractivity (Wildman–Crippen MR) is 71.4 cm³/mol. The Bertz CT molecular complexity index is 673. The van der Waals surface area contributed by atoms with Crippen molar-refractivity contribution in [2.24, 2.45) is 0 Å². The molecule has 0 unspecified atom stereocenters. The highest BCUT2D eigenvalue weighted by atomic mass is 79.9. The summed E-state index contributed by atoms with van der Waals surface area (Å²) in [5, 5.41) is 0. The first-order valence-corrected chi connectivity index (χ1v) is 5.89. The van der Waals surface area contributed by atoms with Crippen LogP contribution >= 0.6 is 15.9 Å². The summed E-state index contributed by atoms with van der Waals surface area (Å²) in [4.78, 5) is 11.8. The van der Waals surface area contributed by atoms with Crippen LogP contribution in [0.2, 0.25) is 0 Å². The van der Waals surface area contributed by atoms with Crippen LogP contribution in [-0.2, 0) is 0 Å². The minimum Gasteiger partial charge on any atom is -0.384 e. The molecule has 2 aromatic heterocycles. The number of fused-ring (bicyclic) bond motifs is 1. The number of H-pyrrole nitrogens is 1. The SMILES string of the molecule is Nc1ccc(-c2nc3ccc(Br)cc3[nH]2)cn1. The lowest BCUT2D eigenvalue weighted by molar-refractivity contribution is 1.28. The zero-order valence-electron chi connectivity index (χ0n) is 8.81. The van der Waals surface area contributed by atoms with Gasteiger partial charge in [0.2, 0.25) is 0 Å². The molecule has 3 rings (SSSR count). The van der Waals surface area contributed by atoms with Crippen LogP contribution < -0.4 is 5.73 Å². The summed E-state index contributed by atoms with van der Waals surface area (Å²) in [6, 6.07) is 9.59. The molecule has 0 aliphatic carbocycles. The number of aromatic nitrogens is 3. The number of nitrogens with two attached hydrogens (primary N) is 1. The lowest BCUT2D eigenvalue weighted by Crippen LogP contribution is -1.89. The molecule has 0 fully saturated rings. The fourth-order valence-electron chi connectivity index (χ4n) is 1.66. The molecule has 0 saturated heterocycles. The van der Waals surface area contributed by atoms with Gasteiger partial charge in [-0.05, 0) is 30.3 Å². The van der Waals surface area contributed by atoms with Crippen molar-refractivity contribution in [1.29, 1.82) is 0 Å². The summed E-state index contributed by atoms with van der Waals surface area (Å²) in [6.45, 7) is 0. The Hall–Kier alpha value is -1.88. The minimum absolute atomic E-state index is 0.507. The molecule has 3 N–H and O–H groups in total. The highest BCUT2D eigenvalue weighted by Crippen LogP contribution is 2.22. The molecule has 1 aromatic carbocycles. The Kier molecular flexibility index (Phi) is 2.33. The number of anilines is 1. The summed E-state index contributed by atoms with van der Waals surface area (Å²) in [5.41, 5.74) is 8.40. The van der Waals surface area contributed by atoms with E-state index in [0.717, 1.165) is 26.9 Å². The molecule has 3 aromatic rings. The van der Waals surface area contributed by atoms with Crippen LogP contribution in [0.4, 0.5) is 5.82 Å². The largest absolute Gasteiger partial charge is 0.384 e. The van der Waals surface area contributed by atoms with E-state index in [1.54, 1.807) is 12.3 Å². The molecule has 0 atom stereocenters. The average molecular weight is 289 g/mol. The molecule has 17 heavy (non-hydrogen) atoms. The molecular weight excluding hydrogens is 280 g/mol. The zero-order valence-corrected chi connectivity index (χ0v) is 10.4. The van der Waals surface area contributed by atoms with E-state index in [9.17, 15) is 0 Å². The summed E-state index contributed by atoms with van der Waals surface area (Å²) in [7, 11) is 0. The lowest BCUT2D eigenvalue weighted by atomic mass is 10.3. The van der Waals surface area contributed by atoms with Crippen molar-refractivity contribution in [3.63, 3.8) is 0 Å². The number of nitrogens with one attached hydrogen (secondary N) is 1. The number of halogens is 1. The Labute approximate surface area is 106 Å². The van der Waals surface area contributed by atoms with Gasteiger partial charge in [-0.15, -0.1) is 0 Å². The smallest absolute Gasteiger partial charge is 0.140 e. The highest BCUT2D eigenvalue weighted by Gasteiger charge is 2.05. The second-order valence-electron chi connectivity index (χ2n) is 3.72. The van der Waals surface area contributed by atoms with Gasteiger partial charge in [0.1, 0.15) is 11.6 Å². The first-order chi connectivity index (χ1) is 8.22. The standard InChI is InChI=1S/C12H9BrN4/c13-8-2-3-9-10(5-8)17-12(16-9)7-1-4-11(14)15-6-7/h1-6H,(H2,14,15)(H,16,17). The highest BCUT2D eigenvalue weighted by molar-refractivity contribution is 9.10. The van der Waals surface area contributed by atoms with E-state index in [0.29, 0.717) is 5.82 Å². The Morgan fingerprint density at radius 2 is 2.06 bits per heavy atom. The van der Waals surface area contributed by atoms with Gasteiger partial charge in [0.25, 0.3) is 0 Å². The fraction of sp³-hybridized carbons (Fsp3) is 0. The molecule has 0 radical (unpaired) electrons. The van der Waals surface area contributed by atoms with Gasteiger partial charge in [0.05, 0.1) is 11.0 Å². The molecule has 5 heteroatoms. The summed E-state index contributed by atoms with van der Waals surface area (Å²) < 4.78 is 1.02. The van der Waals surface area contributed by atoms with Gasteiger partial charge < -0.3 is 10.7 Å². The minimum atomic E-state index is 0.507. The quantitative estimate of drug-likeness (QED) is 0.723. The number of benzene rings is 1. The lowest BCUT2D eigenvalue weighted by Gasteiger charge is -1.95. The molecule has 0 amide bonds. The molecular formula is C12H9BrN4. The van der Waals surface area contributed by atoms with Crippen molar-refractivity contribution in [2.75, 3.05) is 5.73 Å². The second-order valence-corrected chi connectivity index (χ2v) is 4.63. The van der Waals surface area contributed by atoms with Gasteiger partial charge in [-0.2, -0.15) is 0 Å². The number of rotatable bonds is 1. The van der Waals surface area contributed by atoms with E-state index in [1.165, 1.54) is 0 Å². The van der Waals surface area contributed by atoms with Crippen molar-refractivity contribution in [2.45, 2.75) is 0 Å². The number of pyridine rings is 1. The molecule has 0 aliphatic heterocycles. The van der Waals surface area contributed by atoms with Gasteiger partial charge >= 0.3 is 0 Å². The van der Waals surface area contributed by atoms with Gasteiger partial charge in [-0.1, -0.05) is 15.9 Å². The number of hydrogen-bond acceptors (Lipinski definition) is 3. The zero-order chi connectivity index (χ0) is 11.8. The average Bonchev–Trinajstić information content (AvgIpc) is 2.72. The Morgan fingerprint density at radius 3 is 2.82 bits per heavy atom. The number of hydrogen-bond donors (Lipinski definition) is 2. The van der Waals surface area contributed by atoms with Crippen molar-refractivity contribution in [1.82, 2.24) is 15.0 Å². The van der Waals surface area contributed by atoms with Crippen LogP contribution in [0.3, 0.4) is 0 Å². The van der Waals surface area contributed by atoms with Crippen molar-refractivity contribution >= 4 is 32.8 Å². The van der Waals surface area contributed by atoms with E-state index in [1.807, 2.05) is 24.3 Å². The van der Waals surface area contributed by atoms with E-state index >= 15 is 0 Å². The van der Waals surface area contributed by atoms with Crippen LogP contribution in [0, 0.1) is 0 Å². The fourth-order valence-corrected chi connectivity index (χ4v) is 2.03. The normalized spacial score (nSPS) is 10.9. The third-order valence-corrected chi connectivity index (χ3v) is 3.00. The van der Waals surface area contributed by atoms with Crippen LogP contribution in [0.25, 0.3) is 22.4 Å². The van der Waals surface area contributed by atoms with Gasteiger partial charge in [-0.25, -0.2) is 9.97 Å². The number of nitrogen functional groups attached to an aromatic ring is 1. The number of imidazole rings is 1. The maximum atomic E-state index is 5.55. The van der Waals surface area contributed by atoms with Crippen LogP contribution in [0.5, 0.6) is 0 Å². The predicted octanol–water partition coefficient (Wildman–Crippen LogP) is 2.97. The molecule has 4 nitrogen and oxygen atoms in total. The number of aromatic amines is 1. The molecule has 84 valence electrons. The topological polar surface area (TPSA) is 67.6 Å². The van der Waals surface area contributed by atoms with E-state index in [4.69, 9.17) is 5.73 Å². The summed E-state index contributed by atoms with van der Waals surface area (Å²) in [5.74, 6) is 1.30. The summed E-state index contributed by atoms with van der Waals surface area (Å²) >= 11 is 3.43. The third-order valence-electron chi connectivity index (χ3n) is 2.50. The van der Waals surface area contributed by atoms with Crippen LogP contribution in [-0.4, -0.2) is 15.0 Å². The molecule has 0 bridgehead atoms. The van der Waals surface area contributed by atoms with Gasteiger partial charge in [-0.3, -0.25) is 0 Å². The molecule has 0 spiro atoms. The molecule has 2 heterocycles. The molecule has 0 aliphatic rings. The van der Waals surface area contributed by atoms with Crippen molar-refractivity contribution < 1.29 is 0 Å². The monoisotopic (exact) mass is 288 g/mol. The summed E-state index contributed by atoms with van der Waals surface area (Å²) in [6.07, 6.45) is 1.71. The Morgan fingerprint density at radius 1 is 1.18 bits per heavy atom. The van der Waals surface area contributed by atoms with E-state index in [2.05, 4.69) is 30.9 Å². The number of nitrogens with zero attached hydrogens (tertiary/aromatic N) is 2.